The van der Waals surface area contributed by atoms with Crippen molar-refractivity contribution in [1.82, 2.24) is 16.2 Å². The van der Waals surface area contributed by atoms with Crippen LogP contribution in [0.2, 0.25) is 0 Å². The number of amides is 3. The maximum absolute atomic E-state index is 11.9. The third kappa shape index (κ3) is 4.56. The molecule has 2 unspecified atom stereocenters. The van der Waals surface area contributed by atoms with E-state index >= 15 is 0 Å². The zero-order valence-corrected chi connectivity index (χ0v) is 13.8. The molecule has 118 valence electrons. The number of nitrogens with one attached hydrogen (secondary N) is 3. The molecule has 2 rings (SSSR count). The Hall–Kier alpha value is -1.89. The largest absolute Gasteiger partial charge is 0.355 e. The molecule has 2 atom stereocenters. The van der Waals surface area contributed by atoms with Crippen LogP contribution in [0.15, 0.2) is 28.7 Å². The van der Waals surface area contributed by atoms with E-state index < -0.39 is 5.91 Å². The quantitative estimate of drug-likeness (QED) is 0.686. The standard InChI is InChI=1S/C15H18BrN3O3/c1-9-8-11(9)14(21)17-7-6-13(20)18-19-15(22)10-4-2-3-5-12(10)16/h2-5,9,11H,6-8H2,1H3,(H,17,21)(H,18,20)(H,19,22). The fourth-order valence-corrected chi connectivity index (χ4v) is 2.48. The molecule has 6 nitrogen and oxygen atoms in total. The van der Waals surface area contributed by atoms with Gasteiger partial charge in [0.05, 0.1) is 5.56 Å². The molecule has 0 radical (unpaired) electrons. The SMILES string of the molecule is CC1CC1C(=O)NCCC(=O)NNC(=O)c1ccccc1Br. The van der Waals surface area contributed by atoms with Gasteiger partial charge in [0, 0.05) is 23.4 Å². The van der Waals surface area contributed by atoms with Gasteiger partial charge >= 0.3 is 0 Å². The first kappa shape index (κ1) is 16.5. The number of carbonyl (C=O) groups is 3. The minimum absolute atomic E-state index is 0.00227. The monoisotopic (exact) mass is 367 g/mol. The van der Waals surface area contributed by atoms with Gasteiger partial charge in [0.1, 0.15) is 0 Å². The van der Waals surface area contributed by atoms with E-state index in [0.29, 0.717) is 16.0 Å². The molecule has 1 saturated carbocycles. The van der Waals surface area contributed by atoms with Crippen molar-refractivity contribution in [3.8, 4) is 0 Å². The smallest absolute Gasteiger partial charge is 0.270 e. The lowest BCUT2D eigenvalue weighted by Gasteiger charge is -2.09. The van der Waals surface area contributed by atoms with Crippen LogP contribution in [0.1, 0.15) is 30.1 Å². The van der Waals surface area contributed by atoms with Crippen LogP contribution >= 0.6 is 15.9 Å². The van der Waals surface area contributed by atoms with Crippen LogP contribution in [0.3, 0.4) is 0 Å². The molecular weight excluding hydrogens is 350 g/mol. The van der Waals surface area contributed by atoms with Crippen molar-refractivity contribution in [2.24, 2.45) is 11.8 Å². The van der Waals surface area contributed by atoms with Crippen LogP contribution in [0, 0.1) is 11.8 Å². The Labute approximate surface area is 137 Å². The minimum Gasteiger partial charge on any atom is -0.355 e. The van der Waals surface area contributed by atoms with Gasteiger partial charge in [-0.3, -0.25) is 25.2 Å². The molecule has 0 saturated heterocycles. The first-order valence-electron chi connectivity index (χ1n) is 7.10. The summed E-state index contributed by atoms with van der Waals surface area (Å²) in [7, 11) is 0. The van der Waals surface area contributed by atoms with Crippen molar-refractivity contribution in [2.45, 2.75) is 19.8 Å². The van der Waals surface area contributed by atoms with Crippen LogP contribution < -0.4 is 16.2 Å². The van der Waals surface area contributed by atoms with E-state index in [0.717, 1.165) is 6.42 Å². The number of halogens is 1. The highest BCUT2D eigenvalue weighted by molar-refractivity contribution is 9.10. The average molecular weight is 368 g/mol. The van der Waals surface area contributed by atoms with Gasteiger partial charge in [0.25, 0.3) is 5.91 Å². The van der Waals surface area contributed by atoms with Gasteiger partial charge in [0.15, 0.2) is 0 Å². The van der Waals surface area contributed by atoms with Crippen molar-refractivity contribution >= 4 is 33.7 Å². The van der Waals surface area contributed by atoms with Crippen molar-refractivity contribution < 1.29 is 14.4 Å². The van der Waals surface area contributed by atoms with E-state index in [2.05, 4.69) is 32.1 Å². The number of rotatable bonds is 5. The van der Waals surface area contributed by atoms with Gasteiger partial charge in [-0.2, -0.15) is 0 Å². The summed E-state index contributed by atoms with van der Waals surface area (Å²) in [6.45, 7) is 2.28. The molecule has 3 amide bonds. The van der Waals surface area contributed by atoms with Crippen molar-refractivity contribution in [1.29, 1.82) is 0 Å². The second kappa shape index (κ2) is 7.40. The number of carbonyl (C=O) groups excluding carboxylic acids is 3. The molecule has 1 aromatic carbocycles. The Bertz CT molecular complexity index is 591. The molecule has 0 bridgehead atoms. The zero-order chi connectivity index (χ0) is 16.1. The Morgan fingerprint density at radius 2 is 1.91 bits per heavy atom. The van der Waals surface area contributed by atoms with Crippen molar-refractivity contribution in [2.75, 3.05) is 6.54 Å². The van der Waals surface area contributed by atoms with Crippen molar-refractivity contribution in [3.63, 3.8) is 0 Å². The van der Waals surface area contributed by atoms with E-state index in [1.54, 1.807) is 24.3 Å². The van der Waals surface area contributed by atoms with Crippen molar-refractivity contribution in [3.05, 3.63) is 34.3 Å². The topological polar surface area (TPSA) is 87.3 Å². The molecular formula is C15H18BrN3O3. The van der Waals surface area contributed by atoms with Gasteiger partial charge in [0.2, 0.25) is 11.8 Å². The third-order valence-electron chi connectivity index (χ3n) is 3.53. The summed E-state index contributed by atoms with van der Waals surface area (Å²) in [5.41, 5.74) is 5.09. The summed E-state index contributed by atoms with van der Waals surface area (Å²) in [4.78, 5) is 35.0. The Kier molecular flexibility index (Phi) is 5.54. The summed E-state index contributed by atoms with van der Waals surface area (Å²) >= 11 is 3.26. The number of hydrazine groups is 1. The Morgan fingerprint density at radius 3 is 2.55 bits per heavy atom. The van der Waals surface area contributed by atoms with Crippen LogP contribution in [0.4, 0.5) is 0 Å². The second-order valence-electron chi connectivity index (χ2n) is 5.34. The van der Waals surface area contributed by atoms with Gasteiger partial charge in [-0.25, -0.2) is 0 Å². The molecule has 0 aliphatic heterocycles. The molecule has 1 aromatic rings. The van der Waals surface area contributed by atoms with E-state index in [1.165, 1.54) is 0 Å². The summed E-state index contributed by atoms with van der Waals surface area (Å²) in [5, 5.41) is 2.71. The highest BCUT2D eigenvalue weighted by atomic mass is 79.9. The predicted octanol–water partition coefficient (Wildman–Crippen LogP) is 1.37. The van der Waals surface area contributed by atoms with E-state index in [1.807, 2.05) is 6.92 Å². The molecule has 1 aliphatic rings. The van der Waals surface area contributed by atoms with Crippen LogP contribution in [0.25, 0.3) is 0 Å². The van der Waals surface area contributed by atoms with Gasteiger partial charge < -0.3 is 5.32 Å². The maximum Gasteiger partial charge on any atom is 0.270 e. The summed E-state index contributed by atoms with van der Waals surface area (Å²) < 4.78 is 0.646. The number of benzene rings is 1. The Balaban J connectivity index is 1.66. The summed E-state index contributed by atoms with van der Waals surface area (Å²) in [6.07, 6.45) is 1.03. The van der Waals surface area contributed by atoms with Crippen LogP contribution in [0.5, 0.6) is 0 Å². The predicted molar refractivity (Wildman–Crippen MR) is 84.6 cm³/mol. The molecule has 0 spiro atoms. The molecule has 0 aromatic heterocycles. The van der Waals surface area contributed by atoms with Crippen LogP contribution in [-0.4, -0.2) is 24.3 Å². The lowest BCUT2D eigenvalue weighted by molar-refractivity contribution is -0.123. The molecule has 1 fully saturated rings. The highest BCUT2D eigenvalue weighted by Gasteiger charge is 2.38. The first-order chi connectivity index (χ1) is 10.5. The summed E-state index contributed by atoms with van der Waals surface area (Å²) in [5.74, 6) is -0.227. The van der Waals surface area contributed by atoms with Gasteiger partial charge in [-0.15, -0.1) is 0 Å². The second-order valence-corrected chi connectivity index (χ2v) is 6.20. The molecule has 0 heterocycles. The summed E-state index contributed by atoms with van der Waals surface area (Å²) in [6, 6.07) is 6.91. The average Bonchev–Trinajstić information content (AvgIpc) is 3.22. The van der Waals surface area contributed by atoms with Gasteiger partial charge in [-0.05, 0) is 40.4 Å². The zero-order valence-electron chi connectivity index (χ0n) is 12.2. The molecule has 22 heavy (non-hydrogen) atoms. The van der Waals surface area contributed by atoms with E-state index in [4.69, 9.17) is 0 Å². The minimum atomic E-state index is -0.406. The molecule has 1 aliphatic carbocycles. The maximum atomic E-state index is 11.9. The van der Waals surface area contributed by atoms with E-state index in [9.17, 15) is 14.4 Å². The highest BCUT2D eigenvalue weighted by Crippen LogP contribution is 2.37. The third-order valence-corrected chi connectivity index (χ3v) is 4.22. The van der Waals surface area contributed by atoms with E-state index in [-0.39, 0.29) is 30.7 Å². The fraction of sp³-hybridized carbons (Fsp3) is 0.400. The molecule has 7 heteroatoms. The number of hydrogen-bond acceptors (Lipinski definition) is 3. The fourth-order valence-electron chi connectivity index (χ4n) is 2.02. The number of hydrogen-bond donors (Lipinski definition) is 3. The van der Waals surface area contributed by atoms with Crippen LogP contribution in [-0.2, 0) is 9.59 Å². The lowest BCUT2D eigenvalue weighted by Crippen LogP contribution is -2.43. The first-order valence-corrected chi connectivity index (χ1v) is 7.89. The lowest BCUT2D eigenvalue weighted by atomic mass is 10.2. The molecule has 3 N–H and O–H groups in total. The Morgan fingerprint density at radius 1 is 1.23 bits per heavy atom. The normalized spacial score (nSPS) is 19.2. The van der Waals surface area contributed by atoms with Gasteiger partial charge in [-0.1, -0.05) is 19.1 Å².